The van der Waals surface area contributed by atoms with Crippen LogP contribution in [0.2, 0.25) is 0 Å². The standard InChI is InChI=1S/C17H19N3O.C2H7N/c1-10-19-17-15(21-10)3-2-14-16(17)12(8-18-14)13-9-20-6-4-11(13)5-7-20;1-2-3/h2-3,8,11,13,18H,4-7,9H2,1H3;2-3H2,1H3. The van der Waals surface area contributed by atoms with Crippen LogP contribution >= 0.6 is 0 Å². The molecule has 1 unspecified atom stereocenters. The molecule has 5 heterocycles. The lowest BCUT2D eigenvalue weighted by Gasteiger charge is -2.44. The van der Waals surface area contributed by atoms with Gasteiger partial charge in [0.25, 0.3) is 0 Å². The number of aromatic nitrogens is 2. The quantitative estimate of drug-likeness (QED) is 0.719. The summed E-state index contributed by atoms with van der Waals surface area (Å²) in [5.74, 6) is 2.22. The number of aromatic amines is 1. The fraction of sp³-hybridized carbons (Fsp3) is 0.526. The predicted molar refractivity (Wildman–Crippen MR) is 97.2 cm³/mol. The molecule has 6 rings (SSSR count). The first-order valence-electron chi connectivity index (χ1n) is 9.00. The lowest BCUT2D eigenvalue weighted by Crippen LogP contribution is -2.46. The van der Waals surface area contributed by atoms with Crippen LogP contribution in [0.5, 0.6) is 0 Å². The molecular weight excluding hydrogens is 300 g/mol. The molecule has 3 N–H and O–H groups in total. The Labute approximate surface area is 142 Å². The molecule has 0 aliphatic carbocycles. The van der Waals surface area contributed by atoms with Crippen molar-refractivity contribution in [3.8, 4) is 0 Å². The third-order valence-corrected chi connectivity index (χ3v) is 5.40. The van der Waals surface area contributed by atoms with Crippen LogP contribution < -0.4 is 5.73 Å². The number of benzene rings is 1. The van der Waals surface area contributed by atoms with Gasteiger partial charge in [-0.1, -0.05) is 6.92 Å². The number of hydrogen-bond acceptors (Lipinski definition) is 4. The van der Waals surface area contributed by atoms with Gasteiger partial charge in [-0.15, -0.1) is 0 Å². The van der Waals surface area contributed by atoms with E-state index in [2.05, 4.69) is 27.1 Å². The van der Waals surface area contributed by atoms with Gasteiger partial charge < -0.3 is 20.0 Å². The summed E-state index contributed by atoms with van der Waals surface area (Å²) in [5, 5.41) is 1.28. The van der Waals surface area contributed by atoms with Gasteiger partial charge in [-0.2, -0.15) is 0 Å². The van der Waals surface area contributed by atoms with Gasteiger partial charge in [0.2, 0.25) is 0 Å². The van der Waals surface area contributed by atoms with Crippen molar-refractivity contribution in [2.24, 2.45) is 11.7 Å². The maximum atomic E-state index is 5.71. The summed E-state index contributed by atoms with van der Waals surface area (Å²) >= 11 is 0. The van der Waals surface area contributed by atoms with Crippen LogP contribution in [0.15, 0.2) is 22.7 Å². The van der Waals surface area contributed by atoms with Gasteiger partial charge in [-0.25, -0.2) is 4.98 Å². The minimum atomic E-state index is 0.642. The van der Waals surface area contributed by atoms with E-state index in [0.717, 1.165) is 29.5 Å². The van der Waals surface area contributed by atoms with Crippen LogP contribution in [-0.4, -0.2) is 41.0 Å². The highest BCUT2D eigenvalue weighted by Gasteiger charge is 2.36. The molecule has 3 aliphatic rings. The van der Waals surface area contributed by atoms with Gasteiger partial charge in [0.1, 0.15) is 5.52 Å². The van der Waals surface area contributed by atoms with Gasteiger partial charge in [0, 0.05) is 36.5 Å². The molecule has 3 fully saturated rings. The average molecular weight is 326 g/mol. The van der Waals surface area contributed by atoms with Gasteiger partial charge in [0.05, 0.1) is 0 Å². The molecule has 128 valence electrons. The Morgan fingerprint density at radius 1 is 1.33 bits per heavy atom. The van der Waals surface area contributed by atoms with Crippen molar-refractivity contribution < 1.29 is 4.42 Å². The number of oxazole rings is 1. The second-order valence-corrected chi connectivity index (χ2v) is 6.96. The van der Waals surface area contributed by atoms with Crippen molar-refractivity contribution in [1.82, 2.24) is 14.9 Å². The maximum Gasteiger partial charge on any atom is 0.192 e. The molecular formula is C19H26N4O. The number of aryl methyl sites for hydroxylation is 1. The topological polar surface area (TPSA) is 71.1 Å². The highest BCUT2D eigenvalue weighted by Crippen LogP contribution is 2.42. The summed E-state index contributed by atoms with van der Waals surface area (Å²) in [6, 6.07) is 4.14. The van der Waals surface area contributed by atoms with E-state index in [9.17, 15) is 0 Å². The second kappa shape index (κ2) is 6.22. The summed E-state index contributed by atoms with van der Waals surface area (Å²) in [6.07, 6.45) is 4.89. The maximum absolute atomic E-state index is 5.71. The Morgan fingerprint density at radius 3 is 2.75 bits per heavy atom. The molecule has 24 heavy (non-hydrogen) atoms. The molecule has 5 nitrogen and oxygen atoms in total. The molecule has 1 aromatic carbocycles. The third kappa shape index (κ3) is 2.52. The van der Waals surface area contributed by atoms with Gasteiger partial charge >= 0.3 is 0 Å². The normalized spacial score (nSPS) is 25.9. The van der Waals surface area contributed by atoms with Crippen LogP contribution in [-0.2, 0) is 0 Å². The average Bonchev–Trinajstić information content (AvgIpc) is 3.18. The van der Waals surface area contributed by atoms with E-state index in [1.54, 1.807) is 0 Å². The highest BCUT2D eigenvalue weighted by atomic mass is 16.3. The smallest absolute Gasteiger partial charge is 0.192 e. The van der Waals surface area contributed by atoms with Crippen molar-refractivity contribution in [3.05, 3.63) is 29.8 Å². The van der Waals surface area contributed by atoms with E-state index >= 15 is 0 Å². The van der Waals surface area contributed by atoms with Crippen molar-refractivity contribution in [2.75, 3.05) is 26.2 Å². The molecule has 5 heteroatoms. The number of nitrogens with two attached hydrogens (primary N) is 1. The summed E-state index contributed by atoms with van der Waals surface area (Å²) in [5.41, 5.74) is 9.40. The van der Waals surface area contributed by atoms with E-state index in [-0.39, 0.29) is 0 Å². The van der Waals surface area contributed by atoms with Gasteiger partial charge in [-0.05, 0) is 56.1 Å². The van der Waals surface area contributed by atoms with E-state index in [1.807, 2.05) is 19.9 Å². The predicted octanol–water partition coefficient (Wildman–Crippen LogP) is 3.39. The number of nitrogens with zero attached hydrogens (tertiary/aromatic N) is 2. The second-order valence-electron chi connectivity index (χ2n) is 6.96. The van der Waals surface area contributed by atoms with Crippen LogP contribution in [0.3, 0.4) is 0 Å². The molecule has 1 atom stereocenters. The van der Waals surface area contributed by atoms with Crippen LogP contribution in [0.1, 0.15) is 37.1 Å². The van der Waals surface area contributed by atoms with E-state index in [0.29, 0.717) is 5.92 Å². The number of hydrogen-bond donors (Lipinski definition) is 2. The van der Waals surface area contributed by atoms with Crippen LogP contribution in [0, 0.1) is 12.8 Å². The van der Waals surface area contributed by atoms with Crippen molar-refractivity contribution >= 4 is 22.0 Å². The number of nitrogens with one attached hydrogen (secondary N) is 1. The number of piperidine rings is 3. The zero-order valence-corrected chi connectivity index (χ0v) is 14.5. The van der Waals surface area contributed by atoms with Crippen molar-refractivity contribution in [1.29, 1.82) is 0 Å². The van der Waals surface area contributed by atoms with Gasteiger partial charge in [0.15, 0.2) is 11.5 Å². The summed E-state index contributed by atoms with van der Waals surface area (Å²) in [6.45, 7) is 8.33. The fourth-order valence-electron chi connectivity index (χ4n) is 4.35. The minimum absolute atomic E-state index is 0.642. The largest absolute Gasteiger partial charge is 0.441 e. The van der Waals surface area contributed by atoms with Crippen LogP contribution in [0.25, 0.3) is 22.0 Å². The SMILES string of the molecule is CCN.Cc1nc2c(ccc3[nH]cc(C4CN5CCC4CC5)c32)o1. The summed E-state index contributed by atoms with van der Waals surface area (Å²) in [7, 11) is 0. The zero-order chi connectivity index (χ0) is 16.7. The first kappa shape index (κ1) is 15.7. The Bertz CT molecular complexity index is 842. The molecule has 3 aromatic rings. The Balaban J connectivity index is 0.000000455. The molecule has 2 aromatic heterocycles. The number of rotatable bonds is 1. The van der Waals surface area contributed by atoms with Crippen LogP contribution in [0.4, 0.5) is 0 Å². The molecule has 3 saturated heterocycles. The minimum Gasteiger partial charge on any atom is -0.441 e. The first-order chi connectivity index (χ1) is 11.7. The first-order valence-corrected chi connectivity index (χ1v) is 9.00. The molecule has 0 amide bonds. The highest BCUT2D eigenvalue weighted by molar-refractivity contribution is 6.04. The molecule has 0 spiro atoms. The summed E-state index contributed by atoms with van der Waals surface area (Å²) in [4.78, 5) is 10.7. The molecule has 2 bridgehead atoms. The third-order valence-electron chi connectivity index (χ3n) is 5.40. The zero-order valence-electron chi connectivity index (χ0n) is 14.5. The van der Waals surface area contributed by atoms with E-state index < -0.39 is 0 Å². The lowest BCUT2D eigenvalue weighted by atomic mass is 9.75. The molecule has 0 radical (unpaired) electrons. The lowest BCUT2D eigenvalue weighted by molar-refractivity contribution is 0.0877. The van der Waals surface area contributed by atoms with Crippen molar-refractivity contribution in [3.63, 3.8) is 0 Å². The summed E-state index contributed by atoms with van der Waals surface area (Å²) < 4.78 is 5.71. The van der Waals surface area contributed by atoms with Crippen molar-refractivity contribution in [2.45, 2.75) is 32.6 Å². The number of H-pyrrole nitrogens is 1. The number of fused-ring (bicyclic) bond motifs is 6. The Hall–Kier alpha value is -1.85. The van der Waals surface area contributed by atoms with E-state index in [4.69, 9.17) is 10.2 Å². The molecule has 0 saturated carbocycles. The Kier molecular flexibility index (Phi) is 4.06. The Morgan fingerprint density at radius 2 is 2.08 bits per heavy atom. The van der Waals surface area contributed by atoms with E-state index in [1.165, 1.54) is 48.9 Å². The molecule has 3 aliphatic heterocycles. The monoisotopic (exact) mass is 326 g/mol. The fourth-order valence-corrected chi connectivity index (χ4v) is 4.35. The van der Waals surface area contributed by atoms with Gasteiger partial charge in [-0.3, -0.25) is 0 Å².